The number of carbonyl (C=O) groups is 1. The van der Waals surface area contributed by atoms with E-state index in [0.29, 0.717) is 6.42 Å². The molecular formula is C8H14Cl3O6P. The molecule has 0 rings (SSSR count). The highest BCUT2D eigenvalue weighted by Gasteiger charge is 2.61. The van der Waals surface area contributed by atoms with E-state index >= 15 is 0 Å². The van der Waals surface area contributed by atoms with Crippen LogP contribution in [0.5, 0.6) is 0 Å². The first-order chi connectivity index (χ1) is 7.95. The van der Waals surface area contributed by atoms with E-state index in [2.05, 4.69) is 9.78 Å². The maximum Gasteiger partial charge on any atom is 0.365 e. The number of carbonyl (C=O) groups excluding carboxylic acids is 1. The normalized spacial score (nSPS) is 16.2. The Hall–Kier alpha value is 0.450. The van der Waals surface area contributed by atoms with Gasteiger partial charge >= 0.3 is 13.6 Å². The molecule has 1 unspecified atom stereocenters. The fraction of sp³-hybridized carbons (Fsp3) is 0.875. The van der Waals surface area contributed by atoms with Gasteiger partial charge in [-0.05, 0) is 13.3 Å². The molecule has 0 fully saturated rings. The summed E-state index contributed by atoms with van der Waals surface area (Å²) < 4.78 is 8.78. The summed E-state index contributed by atoms with van der Waals surface area (Å²) in [5.41, 5.74) is 0. The highest BCUT2D eigenvalue weighted by Crippen LogP contribution is 2.61. The van der Waals surface area contributed by atoms with Crippen molar-refractivity contribution in [3.8, 4) is 0 Å². The molecule has 2 N–H and O–H groups in total. The maximum atomic E-state index is 11.3. The van der Waals surface area contributed by atoms with Crippen LogP contribution in [0.3, 0.4) is 0 Å². The molecule has 0 aliphatic heterocycles. The topological polar surface area (TPSA) is 93.1 Å². The zero-order valence-corrected chi connectivity index (χ0v) is 12.9. The summed E-state index contributed by atoms with van der Waals surface area (Å²) in [4.78, 5) is 38.1. The summed E-state index contributed by atoms with van der Waals surface area (Å²) >= 11 is 16.3. The van der Waals surface area contributed by atoms with Crippen LogP contribution < -0.4 is 0 Å². The van der Waals surface area contributed by atoms with Crippen LogP contribution in [0.15, 0.2) is 0 Å². The van der Waals surface area contributed by atoms with E-state index in [0.717, 1.165) is 13.3 Å². The Labute approximate surface area is 120 Å². The van der Waals surface area contributed by atoms with Gasteiger partial charge in [-0.15, -0.1) is 0 Å². The molecule has 0 aromatic heterocycles. The predicted octanol–water partition coefficient (Wildman–Crippen LogP) is 2.92. The van der Waals surface area contributed by atoms with E-state index < -0.39 is 22.7 Å². The summed E-state index contributed by atoms with van der Waals surface area (Å²) in [6.45, 7) is 2.70. The molecule has 6 nitrogen and oxygen atoms in total. The van der Waals surface area contributed by atoms with Crippen LogP contribution in [0, 0.1) is 0 Å². The van der Waals surface area contributed by atoms with Gasteiger partial charge in [0.05, 0.1) is 0 Å². The summed E-state index contributed by atoms with van der Waals surface area (Å²) in [5, 5.41) is -2.58. The Morgan fingerprint density at radius 3 is 2.17 bits per heavy atom. The van der Waals surface area contributed by atoms with Crippen LogP contribution >= 0.6 is 42.4 Å². The molecule has 0 aliphatic rings. The Balaban J connectivity index is 4.76. The second kappa shape index (κ2) is 6.75. The maximum absolute atomic E-state index is 11.3. The van der Waals surface area contributed by atoms with E-state index in [4.69, 9.17) is 44.6 Å². The Bertz CT molecular complexity index is 338. The zero-order valence-electron chi connectivity index (χ0n) is 9.73. The summed E-state index contributed by atoms with van der Waals surface area (Å²) in [7, 11) is -4.99. The molecule has 0 aliphatic carbocycles. The lowest BCUT2D eigenvalue weighted by molar-refractivity contribution is -0.309. The minimum Gasteiger partial charge on any atom is -0.322 e. The van der Waals surface area contributed by atoms with E-state index in [9.17, 15) is 9.36 Å². The predicted molar refractivity (Wildman–Crippen MR) is 67.4 cm³/mol. The third-order valence-electron chi connectivity index (χ3n) is 2.11. The van der Waals surface area contributed by atoms with Crippen LogP contribution in [-0.2, 0) is 19.1 Å². The Morgan fingerprint density at radius 2 is 1.83 bits per heavy atom. The molecule has 10 heteroatoms. The zero-order chi connectivity index (χ0) is 14.6. The average molecular weight is 344 g/mol. The van der Waals surface area contributed by atoms with E-state index in [-0.39, 0.29) is 6.42 Å². The minimum absolute atomic E-state index is 0.0353. The molecule has 0 heterocycles. The number of halogens is 3. The molecule has 0 aromatic rings. The highest BCUT2D eigenvalue weighted by molar-refractivity contribution is 7.54. The van der Waals surface area contributed by atoms with Gasteiger partial charge in [-0.1, -0.05) is 48.1 Å². The van der Waals surface area contributed by atoms with Gasteiger partial charge in [0.15, 0.2) is 0 Å². The molecule has 0 radical (unpaired) electrons. The number of rotatable bonds is 6. The van der Waals surface area contributed by atoms with Crippen molar-refractivity contribution >= 4 is 48.4 Å². The standard InChI is InChI=1S/C8H14Cl3O6P/c1-3-4-5-6(12)16-17-7(2,8(9,10)11)18(13,14)15/h3-5H2,1-2H3,(H2,13,14,15). The van der Waals surface area contributed by atoms with E-state index in [1.54, 1.807) is 0 Å². The molecular weight excluding hydrogens is 329 g/mol. The number of alkyl halides is 3. The molecule has 1 atom stereocenters. The number of hydrogen-bond donors (Lipinski definition) is 2. The lowest BCUT2D eigenvalue weighted by Gasteiger charge is -2.33. The largest absolute Gasteiger partial charge is 0.365 e. The Kier molecular flexibility index (Phi) is 6.92. The molecule has 108 valence electrons. The van der Waals surface area contributed by atoms with Crippen LogP contribution in [0.25, 0.3) is 0 Å². The van der Waals surface area contributed by atoms with Gasteiger partial charge in [-0.25, -0.2) is 4.79 Å². The second-order valence-electron chi connectivity index (χ2n) is 3.67. The van der Waals surface area contributed by atoms with Crippen molar-refractivity contribution in [2.45, 2.75) is 42.2 Å². The first kappa shape index (κ1) is 18.4. The fourth-order valence-corrected chi connectivity index (χ4v) is 2.30. The van der Waals surface area contributed by atoms with Crippen LogP contribution in [-0.4, -0.2) is 24.9 Å². The summed E-state index contributed by atoms with van der Waals surface area (Å²) in [6.07, 6.45) is 1.32. The molecule has 0 saturated carbocycles. The first-order valence-electron chi connectivity index (χ1n) is 4.96. The van der Waals surface area contributed by atoms with Crippen molar-refractivity contribution < 1.29 is 28.9 Å². The van der Waals surface area contributed by atoms with Crippen molar-refractivity contribution in [2.24, 2.45) is 0 Å². The van der Waals surface area contributed by atoms with Gasteiger partial charge in [-0.3, -0.25) is 9.45 Å². The molecule has 0 saturated heterocycles. The minimum atomic E-state index is -4.99. The highest BCUT2D eigenvalue weighted by atomic mass is 35.6. The van der Waals surface area contributed by atoms with E-state index in [1.807, 2.05) is 6.92 Å². The van der Waals surface area contributed by atoms with Crippen LogP contribution in [0.2, 0.25) is 0 Å². The third kappa shape index (κ3) is 4.85. The molecule has 0 spiro atoms. The van der Waals surface area contributed by atoms with Crippen molar-refractivity contribution in [3.05, 3.63) is 0 Å². The van der Waals surface area contributed by atoms with Gasteiger partial charge in [0.25, 0.3) is 5.34 Å². The van der Waals surface area contributed by atoms with Crippen LogP contribution in [0.1, 0.15) is 33.1 Å². The third-order valence-corrected chi connectivity index (χ3v) is 5.11. The van der Waals surface area contributed by atoms with Gasteiger partial charge in [0, 0.05) is 6.42 Å². The van der Waals surface area contributed by atoms with Crippen molar-refractivity contribution in [1.82, 2.24) is 0 Å². The van der Waals surface area contributed by atoms with Gasteiger partial charge in [-0.2, -0.15) is 4.89 Å². The van der Waals surface area contributed by atoms with Crippen molar-refractivity contribution in [1.29, 1.82) is 0 Å². The molecule has 0 amide bonds. The monoisotopic (exact) mass is 342 g/mol. The van der Waals surface area contributed by atoms with Gasteiger partial charge in [0.1, 0.15) is 0 Å². The van der Waals surface area contributed by atoms with Crippen molar-refractivity contribution in [2.75, 3.05) is 0 Å². The number of hydrogen-bond acceptors (Lipinski definition) is 4. The van der Waals surface area contributed by atoms with Gasteiger partial charge in [0.2, 0.25) is 3.79 Å². The first-order valence-corrected chi connectivity index (χ1v) is 7.71. The molecule has 0 bridgehead atoms. The summed E-state index contributed by atoms with van der Waals surface area (Å²) in [6, 6.07) is 0. The molecule has 0 aromatic carbocycles. The van der Waals surface area contributed by atoms with E-state index in [1.165, 1.54) is 0 Å². The Morgan fingerprint density at radius 1 is 1.33 bits per heavy atom. The smallest absolute Gasteiger partial charge is 0.322 e. The van der Waals surface area contributed by atoms with Crippen LogP contribution in [0.4, 0.5) is 0 Å². The fourth-order valence-electron chi connectivity index (χ4n) is 0.751. The number of unbranched alkanes of at least 4 members (excludes halogenated alkanes) is 1. The SMILES string of the molecule is CCCCC(=O)OOC(C)(C(Cl)(Cl)Cl)P(=O)(O)O. The average Bonchev–Trinajstić information content (AvgIpc) is 2.19. The lowest BCUT2D eigenvalue weighted by atomic mass is 10.3. The second-order valence-corrected chi connectivity index (χ2v) is 7.89. The van der Waals surface area contributed by atoms with Gasteiger partial charge < -0.3 is 9.79 Å². The lowest BCUT2D eigenvalue weighted by Crippen LogP contribution is -2.42. The summed E-state index contributed by atoms with van der Waals surface area (Å²) in [5.74, 6) is -0.800. The molecule has 18 heavy (non-hydrogen) atoms. The van der Waals surface area contributed by atoms with Crippen molar-refractivity contribution in [3.63, 3.8) is 0 Å². The quantitative estimate of drug-likeness (QED) is 0.333.